The molecule has 116 valence electrons. The van der Waals surface area contributed by atoms with Crippen LogP contribution in [0.25, 0.3) is 11.3 Å². The molecule has 3 aromatic rings. The van der Waals surface area contributed by atoms with Gasteiger partial charge in [0.15, 0.2) is 5.13 Å². The number of rotatable bonds is 2. The predicted molar refractivity (Wildman–Crippen MR) is 88.0 cm³/mol. The number of carbonyl (C=O) groups excluding carboxylic acids is 1. The van der Waals surface area contributed by atoms with Crippen molar-refractivity contribution in [1.82, 2.24) is 4.98 Å². The molecule has 0 fully saturated rings. The van der Waals surface area contributed by atoms with Gasteiger partial charge in [0.25, 0.3) is 5.91 Å². The lowest BCUT2D eigenvalue weighted by Crippen LogP contribution is -2.11. The Morgan fingerprint density at radius 2 is 2.13 bits per heavy atom. The lowest BCUT2D eigenvalue weighted by Gasteiger charge is -2.15. The van der Waals surface area contributed by atoms with E-state index in [4.69, 9.17) is 9.15 Å². The highest BCUT2D eigenvalue weighted by Crippen LogP contribution is 2.40. The zero-order valence-electron chi connectivity index (χ0n) is 12.7. The first-order valence-corrected chi connectivity index (χ1v) is 8.04. The van der Waals surface area contributed by atoms with Crippen LogP contribution in [0.5, 0.6) is 5.75 Å². The minimum Gasteiger partial charge on any atom is -0.487 e. The average molecular weight is 326 g/mol. The molecular weight excluding hydrogens is 312 g/mol. The first-order chi connectivity index (χ1) is 11.1. The smallest absolute Gasteiger partial charge is 0.260 e. The van der Waals surface area contributed by atoms with E-state index in [1.54, 1.807) is 13.0 Å². The number of anilines is 1. The highest BCUT2D eigenvalue weighted by molar-refractivity contribution is 7.16. The number of hydrogen-bond donors (Lipinski definition) is 1. The monoisotopic (exact) mass is 326 g/mol. The summed E-state index contributed by atoms with van der Waals surface area (Å²) in [4.78, 5) is 18.0. The van der Waals surface area contributed by atoms with Crippen molar-refractivity contribution in [2.45, 2.75) is 20.5 Å². The maximum Gasteiger partial charge on any atom is 0.260 e. The number of aromatic nitrogens is 1. The van der Waals surface area contributed by atoms with Crippen LogP contribution in [0.3, 0.4) is 0 Å². The summed E-state index contributed by atoms with van der Waals surface area (Å²) in [6.07, 6.45) is 0. The fourth-order valence-electron chi connectivity index (χ4n) is 2.67. The summed E-state index contributed by atoms with van der Waals surface area (Å²) in [5.74, 6) is 1.94. The van der Waals surface area contributed by atoms with Gasteiger partial charge in [0.2, 0.25) is 0 Å². The largest absolute Gasteiger partial charge is 0.487 e. The molecule has 1 N–H and O–H groups in total. The van der Waals surface area contributed by atoms with Gasteiger partial charge in [-0.2, -0.15) is 0 Å². The van der Waals surface area contributed by atoms with E-state index in [-0.39, 0.29) is 5.91 Å². The number of para-hydroxylation sites is 1. The van der Waals surface area contributed by atoms with E-state index >= 15 is 0 Å². The van der Waals surface area contributed by atoms with Crippen LogP contribution in [0.4, 0.5) is 5.13 Å². The Morgan fingerprint density at radius 1 is 1.30 bits per heavy atom. The Labute approximate surface area is 136 Å². The summed E-state index contributed by atoms with van der Waals surface area (Å²) in [6, 6.07) is 9.52. The summed E-state index contributed by atoms with van der Waals surface area (Å²) in [7, 11) is 0. The van der Waals surface area contributed by atoms with Gasteiger partial charge in [-0.05, 0) is 32.0 Å². The highest BCUT2D eigenvalue weighted by atomic mass is 32.1. The number of amides is 1. The van der Waals surface area contributed by atoms with E-state index in [1.165, 1.54) is 11.3 Å². The molecule has 3 heterocycles. The Hall–Kier alpha value is -2.60. The number of fused-ring (bicyclic) bond motifs is 3. The van der Waals surface area contributed by atoms with Gasteiger partial charge >= 0.3 is 0 Å². The van der Waals surface area contributed by atoms with E-state index in [9.17, 15) is 4.79 Å². The summed E-state index contributed by atoms with van der Waals surface area (Å²) in [5, 5.41) is 3.42. The number of aryl methyl sites for hydroxylation is 2. The van der Waals surface area contributed by atoms with Crippen LogP contribution in [0.15, 0.2) is 34.7 Å². The van der Waals surface area contributed by atoms with E-state index in [1.807, 2.05) is 31.2 Å². The minimum atomic E-state index is -0.209. The average Bonchev–Trinajstić information content (AvgIpc) is 3.09. The van der Waals surface area contributed by atoms with Crippen LogP contribution >= 0.6 is 11.3 Å². The number of ether oxygens (including phenoxy) is 1. The standard InChI is InChI=1S/C17H14N2O3S/c1-9-7-12(10(2)22-9)16(20)19-17-18-15-11-5-3-4-6-13(11)21-8-14(15)23-17/h3-7H,8H2,1-2H3,(H,18,19,20). The number of nitrogens with one attached hydrogen (secondary N) is 1. The van der Waals surface area contributed by atoms with Crippen molar-refractivity contribution in [3.63, 3.8) is 0 Å². The molecule has 1 aromatic carbocycles. The van der Waals surface area contributed by atoms with E-state index in [2.05, 4.69) is 10.3 Å². The molecule has 6 heteroatoms. The molecule has 0 unspecified atom stereocenters. The van der Waals surface area contributed by atoms with Crippen LogP contribution in [-0.2, 0) is 6.61 Å². The molecule has 0 aliphatic carbocycles. The third-order valence-corrected chi connectivity index (χ3v) is 4.65. The van der Waals surface area contributed by atoms with Crippen LogP contribution in [-0.4, -0.2) is 10.9 Å². The number of carbonyl (C=O) groups is 1. The normalized spacial score (nSPS) is 12.3. The second-order valence-corrected chi connectivity index (χ2v) is 6.44. The van der Waals surface area contributed by atoms with Gasteiger partial charge in [-0.15, -0.1) is 0 Å². The van der Waals surface area contributed by atoms with Gasteiger partial charge in [0.05, 0.1) is 16.1 Å². The molecule has 2 aromatic heterocycles. The van der Waals surface area contributed by atoms with E-state index in [0.717, 1.165) is 21.9 Å². The second kappa shape index (κ2) is 5.24. The van der Waals surface area contributed by atoms with Crippen LogP contribution in [0.2, 0.25) is 0 Å². The molecule has 4 rings (SSSR count). The number of hydrogen-bond acceptors (Lipinski definition) is 5. The fourth-order valence-corrected chi connectivity index (χ4v) is 3.55. The van der Waals surface area contributed by atoms with E-state index in [0.29, 0.717) is 28.8 Å². The Balaban J connectivity index is 1.64. The zero-order valence-corrected chi connectivity index (χ0v) is 13.5. The van der Waals surface area contributed by atoms with Gasteiger partial charge < -0.3 is 9.15 Å². The maximum absolute atomic E-state index is 12.4. The first kappa shape index (κ1) is 14.0. The van der Waals surface area contributed by atoms with Gasteiger partial charge in [-0.3, -0.25) is 10.1 Å². The maximum atomic E-state index is 12.4. The fraction of sp³-hybridized carbons (Fsp3) is 0.176. The lowest BCUT2D eigenvalue weighted by molar-refractivity contribution is 0.102. The third kappa shape index (κ3) is 2.41. The lowest BCUT2D eigenvalue weighted by atomic mass is 10.1. The van der Waals surface area contributed by atoms with Crippen molar-refractivity contribution in [2.24, 2.45) is 0 Å². The summed E-state index contributed by atoms with van der Waals surface area (Å²) < 4.78 is 11.1. The third-order valence-electron chi connectivity index (χ3n) is 3.70. The Morgan fingerprint density at radius 3 is 2.91 bits per heavy atom. The molecule has 1 amide bonds. The van der Waals surface area contributed by atoms with Crippen LogP contribution in [0.1, 0.15) is 26.8 Å². The van der Waals surface area contributed by atoms with Gasteiger partial charge in [-0.25, -0.2) is 4.98 Å². The molecule has 0 atom stereocenters. The second-order valence-electron chi connectivity index (χ2n) is 5.36. The SMILES string of the molecule is Cc1cc(C(=O)Nc2nc3c(s2)COc2ccccc2-3)c(C)o1. The molecule has 0 radical (unpaired) electrons. The molecule has 1 aliphatic rings. The predicted octanol–water partition coefficient (Wildman–Crippen LogP) is 4.16. The number of benzene rings is 1. The minimum absolute atomic E-state index is 0.209. The molecule has 0 saturated heterocycles. The van der Waals surface area contributed by atoms with Crippen molar-refractivity contribution in [1.29, 1.82) is 0 Å². The summed E-state index contributed by atoms with van der Waals surface area (Å²) in [5.41, 5.74) is 2.38. The van der Waals surface area contributed by atoms with Gasteiger partial charge in [-0.1, -0.05) is 23.5 Å². The van der Waals surface area contributed by atoms with Crippen molar-refractivity contribution < 1.29 is 13.9 Å². The molecule has 0 bridgehead atoms. The van der Waals surface area contributed by atoms with Gasteiger partial charge in [0.1, 0.15) is 23.9 Å². The molecular formula is C17H14N2O3S. The number of nitrogens with zero attached hydrogens (tertiary/aromatic N) is 1. The van der Waals surface area contributed by atoms with Gasteiger partial charge in [0, 0.05) is 5.56 Å². The van der Waals surface area contributed by atoms with Crippen molar-refractivity contribution in [2.75, 3.05) is 5.32 Å². The van der Waals surface area contributed by atoms with Crippen LogP contribution in [0, 0.1) is 13.8 Å². The summed E-state index contributed by atoms with van der Waals surface area (Å²) in [6.45, 7) is 4.07. The number of thiazole rings is 1. The molecule has 0 spiro atoms. The molecule has 1 aliphatic heterocycles. The summed E-state index contributed by atoms with van der Waals surface area (Å²) >= 11 is 1.44. The molecule has 0 saturated carbocycles. The first-order valence-electron chi connectivity index (χ1n) is 7.22. The zero-order chi connectivity index (χ0) is 16.0. The topological polar surface area (TPSA) is 64.4 Å². The van der Waals surface area contributed by atoms with Crippen molar-refractivity contribution in [3.8, 4) is 17.0 Å². The Bertz CT molecular complexity index is 910. The van der Waals surface area contributed by atoms with Crippen molar-refractivity contribution >= 4 is 22.4 Å². The van der Waals surface area contributed by atoms with Crippen molar-refractivity contribution in [3.05, 3.63) is 52.3 Å². The molecule has 23 heavy (non-hydrogen) atoms. The van der Waals surface area contributed by atoms with E-state index < -0.39 is 0 Å². The highest BCUT2D eigenvalue weighted by Gasteiger charge is 2.23. The number of furan rings is 1. The van der Waals surface area contributed by atoms with Crippen LogP contribution < -0.4 is 10.1 Å². The molecule has 5 nitrogen and oxygen atoms in total. The Kier molecular flexibility index (Phi) is 3.20. The quantitative estimate of drug-likeness (QED) is 0.768.